The molecule has 192 valence electrons. The molecule has 2 heterocycles. The summed E-state index contributed by atoms with van der Waals surface area (Å²) >= 11 is 8.26. The summed E-state index contributed by atoms with van der Waals surface area (Å²) in [5.41, 5.74) is 5.39. The summed E-state index contributed by atoms with van der Waals surface area (Å²) in [4.78, 5) is 28.4. The van der Waals surface area contributed by atoms with Crippen molar-refractivity contribution in [2.75, 3.05) is 17.2 Å². The molecule has 1 saturated carbocycles. The van der Waals surface area contributed by atoms with Crippen molar-refractivity contribution in [3.8, 4) is 16.9 Å². The third kappa shape index (κ3) is 4.84. The van der Waals surface area contributed by atoms with Gasteiger partial charge in [-0.2, -0.15) is 5.10 Å². The van der Waals surface area contributed by atoms with E-state index in [0.29, 0.717) is 10.8 Å². The number of carbonyl (C=O) groups is 2. The number of nitrogens with one attached hydrogen (secondary N) is 1. The van der Waals surface area contributed by atoms with E-state index in [1.807, 2.05) is 90.5 Å². The monoisotopic (exact) mass is 542 g/mol. The van der Waals surface area contributed by atoms with E-state index in [1.54, 1.807) is 4.90 Å². The first-order valence-electron chi connectivity index (χ1n) is 12.7. The van der Waals surface area contributed by atoms with Crippen LogP contribution in [-0.2, 0) is 9.59 Å². The highest BCUT2D eigenvalue weighted by Gasteiger charge is 2.38. The van der Waals surface area contributed by atoms with E-state index in [0.717, 1.165) is 46.5 Å². The number of rotatable bonds is 6. The van der Waals surface area contributed by atoms with Gasteiger partial charge in [-0.15, -0.1) is 11.8 Å². The minimum Gasteiger partial charge on any atom is -0.352 e. The molecule has 0 saturated heterocycles. The fraction of sp³-hybridized carbons (Fsp3) is 0.233. The molecule has 1 fully saturated rings. The molecule has 6 rings (SSSR count). The zero-order valence-corrected chi connectivity index (χ0v) is 22.5. The number of thioether (sulfide) groups is 1. The number of nitrogens with zero attached hydrogens (tertiary/aromatic N) is 3. The Kier molecular flexibility index (Phi) is 6.72. The summed E-state index contributed by atoms with van der Waals surface area (Å²) in [7, 11) is 0. The van der Waals surface area contributed by atoms with Crippen LogP contribution >= 0.6 is 23.4 Å². The van der Waals surface area contributed by atoms with Gasteiger partial charge in [0.15, 0.2) is 0 Å². The molecule has 0 bridgehead atoms. The fourth-order valence-electron chi connectivity index (χ4n) is 4.85. The molecule has 1 aliphatic carbocycles. The second kappa shape index (κ2) is 10.3. The average molecular weight is 543 g/mol. The van der Waals surface area contributed by atoms with Gasteiger partial charge in [0.25, 0.3) is 0 Å². The summed E-state index contributed by atoms with van der Waals surface area (Å²) in [5, 5.41) is 8.54. The third-order valence-corrected chi connectivity index (χ3v) is 8.40. The van der Waals surface area contributed by atoms with Gasteiger partial charge in [-0.05, 0) is 49.1 Å². The number of amides is 2. The van der Waals surface area contributed by atoms with E-state index >= 15 is 0 Å². The van der Waals surface area contributed by atoms with E-state index < -0.39 is 0 Å². The number of aryl methyl sites for hydroxylation is 1. The van der Waals surface area contributed by atoms with E-state index in [-0.39, 0.29) is 35.4 Å². The number of hydrogen-bond acceptors (Lipinski definition) is 4. The summed E-state index contributed by atoms with van der Waals surface area (Å²) in [6.07, 6.45) is 1.96. The maximum absolute atomic E-state index is 13.7. The molecule has 1 unspecified atom stereocenters. The summed E-state index contributed by atoms with van der Waals surface area (Å²) in [6, 6.07) is 25.9. The number of anilines is 1. The minimum absolute atomic E-state index is 0.0656. The molecular formula is C30H27ClN4O2S. The standard InChI is InChI=1S/C30H27ClN4O2S/c1-19-8-7-11-22(16-19)35-30-27(28(33-35)20-9-3-2-4-10-20)29(23-12-5-6-13-24(23)31)38-18-26(37)34(30)17-25(36)32-21-14-15-21/h2-13,16,21,29H,14-15,17-18H2,1H3,(H,32,36). The molecule has 0 radical (unpaired) electrons. The Bertz CT molecular complexity index is 1520. The van der Waals surface area contributed by atoms with Crippen molar-refractivity contribution in [2.45, 2.75) is 31.1 Å². The van der Waals surface area contributed by atoms with Gasteiger partial charge >= 0.3 is 0 Å². The lowest BCUT2D eigenvalue weighted by Crippen LogP contribution is -2.43. The lowest BCUT2D eigenvalue weighted by molar-refractivity contribution is -0.123. The highest BCUT2D eigenvalue weighted by atomic mass is 35.5. The zero-order chi connectivity index (χ0) is 26.2. The van der Waals surface area contributed by atoms with Gasteiger partial charge in [0, 0.05) is 22.2 Å². The van der Waals surface area contributed by atoms with Crippen LogP contribution in [0.15, 0.2) is 78.9 Å². The molecule has 1 atom stereocenters. The Labute approximate surface area is 231 Å². The first kappa shape index (κ1) is 24.8. The average Bonchev–Trinajstić information content (AvgIpc) is 3.67. The number of carbonyl (C=O) groups excluding carboxylic acids is 2. The van der Waals surface area contributed by atoms with Crippen molar-refractivity contribution in [3.05, 3.63) is 101 Å². The van der Waals surface area contributed by atoms with Crippen LogP contribution in [0.5, 0.6) is 0 Å². The lowest BCUT2D eigenvalue weighted by Gasteiger charge is -2.23. The van der Waals surface area contributed by atoms with Gasteiger partial charge in [0.1, 0.15) is 12.4 Å². The highest BCUT2D eigenvalue weighted by molar-refractivity contribution is 8.00. The van der Waals surface area contributed by atoms with Crippen LogP contribution in [0, 0.1) is 6.92 Å². The molecule has 2 amide bonds. The van der Waals surface area contributed by atoms with Crippen molar-refractivity contribution >= 4 is 41.0 Å². The van der Waals surface area contributed by atoms with Gasteiger partial charge in [-0.3, -0.25) is 14.5 Å². The van der Waals surface area contributed by atoms with Crippen LogP contribution in [-0.4, -0.2) is 39.9 Å². The zero-order valence-electron chi connectivity index (χ0n) is 20.9. The summed E-state index contributed by atoms with van der Waals surface area (Å²) in [6.45, 7) is 1.96. The largest absolute Gasteiger partial charge is 0.352 e. The van der Waals surface area contributed by atoms with Crippen molar-refractivity contribution in [2.24, 2.45) is 0 Å². The van der Waals surface area contributed by atoms with E-state index in [1.165, 1.54) is 11.8 Å². The van der Waals surface area contributed by atoms with Crippen molar-refractivity contribution in [3.63, 3.8) is 0 Å². The van der Waals surface area contributed by atoms with Gasteiger partial charge in [-0.1, -0.05) is 72.3 Å². The van der Waals surface area contributed by atoms with E-state index in [2.05, 4.69) is 5.32 Å². The number of hydrogen-bond donors (Lipinski definition) is 1. The Morgan fingerprint density at radius 1 is 1.05 bits per heavy atom. The Morgan fingerprint density at radius 2 is 1.82 bits per heavy atom. The van der Waals surface area contributed by atoms with Gasteiger partial charge in [0.2, 0.25) is 11.8 Å². The van der Waals surface area contributed by atoms with Crippen LogP contribution in [0.4, 0.5) is 5.82 Å². The first-order valence-corrected chi connectivity index (χ1v) is 14.1. The molecule has 2 aliphatic rings. The Morgan fingerprint density at radius 3 is 2.55 bits per heavy atom. The van der Waals surface area contributed by atoms with Crippen LogP contribution < -0.4 is 10.2 Å². The smallest absolute Gasteiger partial charge is 0.240 e. The third-order valence-electron chi connectivity index (χ3n) is 6.81. The van der Waals surface area contributed by atoms with E-state index in [4.69, 9.17) is 16.7 Å². The Balaban J connectivity index is 1.62. The topological polar surface area (TPSA) is 67.2 Å². The molecule has 1 aliphatic heterocycles. The molecule has 38 heavy (non-hydrogen) atoms. The summed E-state index contributed by atoms with van der Waals surface area (Å²) < 4.78 is 1.82. The first-order chi connectivity index (χ1) is 18.5. The molecule has 6 nitrogen and oxygen atoms in total. The second-order valence-corrected chi connectivity index (χ2v) is 11.2. The predicted octanol–water partition coefficient (Wildman–Crippen LogP) is 5.95. The maximum atomic E-state index is 13.7. The molecule has 4 aromatic rings. The fourth-order valence-corrected chi connectivity index (χ4v) is 6.39. The Hall–Kier alpha value is -3.55. The second-order valence-electron chi connectivity index (χ2n) is 9.74. The quantitative estimate of drug-likeness (QED) is 0.327. The van der Waals surface area contributed by atoms with Crippen LogP contribution in [0.3, 0.4) is 0 Å². The minimum atomic E-state index is -0.257. The highest BCUT2D eigenvalue weighted by Crippen LogP contribution is 2.49. The lowest BCUT2D eigenvalue weighted by atomic mass is 9.99. The van der Waals surface area contributed by atoms with Crippen molar-refractivity contribution in [1.29, 1.82) is 0 Å². The molecule has 3 aromatic carbocycles. The van der Waals surface area contributed by atoms with Gasteiger partial charge in [-0.25, -0.2) is 4.68 Å². The summed E-state index contributed by atoms with van der Waals surface area (Å²) in [5.74, 6) is 0.528. The van der Waals surface area contributed by atoms with Crippen molar-refractivity contribution < 1.29 is 9.59 Å². The normalized spacial score (nSPS) is 17.2. The van der Waals surface area contributed by atoms with Crippen LogP contribution in [0.2, 0.25) is 5.02 Å². The maximum Gasteiger partial charge on any atom is 0.240 e. The van der Waals surface area contributed by atoms with Crippen LogP contribution in [0.25, 0.3) is 16.9 Å². The molecule has 0 spiro atoms. The molecule has 1 N–H and O–H groups in total. The number of halogens is 1. The predicted molar refractivity (Wildman–Crippen MR) is 153 cm³/mol. The van der Waals surface area contributed by atoms with Gasteiger partial charge < -0.3 is 5.32 Å². The number of fused-ring (bicyclic) bond motifs is 1. The van der Waals surface area contributed by atoms with Gasteiger partial charge in [0.05, 0.1) is 22.4 Å². The van der Waals surface area contributed by atoms with Crippen LogP contribution in [0.1, 0.15) is 34.8 Å². The molecule has 8 heteroatoms. The number of aromatic nitrogens is 2. The molecule has 1 aromatic heterocycles. The van der Waals surface area contributed by atoms with E-state index in [9.17, 15) is 9.59 Å². The number of benzene rings is 3. The van der Waals surface area contributed by atoms with Crippen molar-refractivity contribution in [1.82, 2.24) is 15.1 Å². The molecular weight excluding hydrogens is 516 g/mol. The SMILES string of the molecule is Cc1cccc(-n2nc(-c3ccccc3)c3c2N(CC(=O)NC2CC2)C(=O)CSC3c2ccccc2Cl)c1.